The Hall–Kier alpha value is -0.180. The summed E-state index contributed by atoms with van der Waals surface area (Å²) in [6, 6.07) is 0. The van der Waals surface area contributed by atoms with Gasteiger partial charge in [0.1, 0.15) is 0 Å². The molecule has 0 heterocycles. The van der Waals surface area contributed by atoms with Gasteiger partial charge in [-0.2, -0.15) is 0 Å². The zero-order valence-electron chi connectivity index (χ0n) is 5.98. The van der Waals surface area contributed by atoms with Crippen LogP contribution >= 0.6 is 0 Å². The average Bonchev–Trinajstić information content (AvgIpc) is 1.86. The van der Waals surface area contributed by atoms with E-state index in [0.29, 0.717) is 6.42 Å². The van der Waals surface area contributed by atoms with Gasteiger partial charge in [0, 0.05) is 0 Å². The summed E-state index contributed by atoms with van der Waals surface area (Å²) >= 11 is 0. The molecule has 0 bridgehead atoms. The van der Waals surface area contributed by atoms with E-state index >= 15 is 0 Å². The van der Waals surface area contributed by atoms with Crippen LogP contribution in [0.3, 0.4) is 0 Å². The molecule has 1 N–H and O–H groups in total. The summed E-state index contributed by atoms with van der Waals surface area (Å²) in [7, 11) is 0. The summed E-state index contributed by atoms with van der Waals surface area (Å²) in [6.07, 6.45) is -1.06. The Labute approximate surface area is 59.0 Å². The van der Waals surface area contributed by atoms with Gasteiger partial charge in [-0.25, -0.2) is 8.78 Å². The molecule has 2 unspecified atom stereocenters. The Kier molecular flexibility index (Phi) is 1.95. The first-order chi connectivity index (χ1) is 4.63. The zero-order valence-corrected chi connectivity index (χ0v) is 5.98. The SMILES string of the molecule is CC1CCC1(CO)C(F)F. The Balaban J connectivity index is 2.60. The molecule has 0 aromatic carbocycles. The molecule has 0 radical (unpaired) electrons. The highest BCUT2D eigenvalue weighted by molar-refractivity contribution is 4.94. The van der Waals surface area contributed by atoms with Crippen LogP contribution in [-0.2, 0) is 0 Å². The van der Waals surface area contributed by atoms with Crippen molar-refractivity contribution in [2.24, 2.45) is 11.3 Å². The Bertz CT molecular complexity index is 116. The van der Waals surface area contributed by atoms with Gasteiger partial charge in [-0.1, -0.05) is 6.92 Å². The molecule has 10 heavy (non-hydrogen) atoms. The van der Waals surface area contributed by atoms with E-state index in [4.69, 9.17) is 5.11 Å². The second-order valence-electron chi connectivity index (χ2n) is 3.13. The third-order valence-electron chi connectivity index (χ3n) is 2.75. The molecule has 0 aromatic rings. The van der Waals surface area contributed by atoms with E-state index in [1.165, 1.54) is 0 Å². The molecule has 2 atom stereocenters. The highest BCUT2D eigenvalue weighted by atomic mass is 19.3. The van der Waals surface area contributed by atoms with Gasteiger partial charge >= 0.3 is 0 Å². The molecular formula is C7H12F2O. The molecule has 0 spiro atoms. The van der Waals surface area contributed by atoms with Crippen LogP contribution in [0.1, 0.15) is 19.8 Å². The highest BCUT2D eigenvalue weighted by Crippen LogP contribution is 2.50. The molecule has 3 heteroatoms. The molecule has 1 aliphatic rings. The summed E-state index contributed by atoms with van der Waals surface area (Å²) in [6.45, 7) is 1.40. The van der Waals surface area contributed by atoms with Crippen LogP contribution in [0.15, 0.2) is 0 Å². The van der Waals surface area contributed by atoms with Crippen LogP contribution in [0.5, 0.6) is 0 Å². The first-order valence-electron chi connectivity index (χ1n) is 3.52. The minimum absolute atomic E-state index is 0.0162. The van der Waals surface area contributed by atoms with E-state index < -0.39 is 11.8 Å². The topological polar surface area (TPSA) is 20.2 Å². The van der Waals surface area contributed by atoms with Crippen molar-refractivity contribution in [1.82, 2.24) is 0 Å². The maximum atomic E-state index is 12.2. The van der Waals surface area contributed by atoms with Gasteiger partial charge in [0.15, 0.2) is 0 Å². The van der Waals surface area contributed by atoms with Crippen molar-refractivity contribution in [2.75, 3.05) is 6.61 Å². The molecule has 1 fully saturated rings. The van der Waals surface area contributed by atoms with E-state index in [1.807, 2.05) is 0 Å². The zero-order chi connectivity index (χ0) is 7.78. The van der Waals surface area contributed by atoms with E-state index in [1.54, 1.807) is 6.92 Å². The van der Waals surface area contributed by atoms with Gasteiger partial charge < -0.3 is 5.11 Å². The van der Waals surface area contributed by atoms with Crippen molar-refractivity contribution in [2.45, 2.75) is 26.2 Å². The number of alkyl halides is 2. The lowest BCUT2D eigenvalue weighted by atomic mass is 9.61. The Morgan fingerprint density at radius 3 is 2.30 bits per heavy atom. The molecule has 0 aliphatic heterocycles. The largest absolute Gasteiger partial charge is 0.396 e. The molecule has 1 rings (SSSR count). The van der Waals surface area contributed by atoms with Gasteiger partial charge in [-0.15, -0.1) is 0 Å². The molecule has 60 valence electrons. The molecule has 1 nitrogen and oxygen atoms in total. The second-order valence-corrected chi connectivity index (χ2v) is 3.13. The van der Waals surface area contributed by atoms with Crippen molar-refractivity contribution < 1.29 is 13.9 Å². The number of halogens is 2. The van der Waals surface area contributed by atoms with Gasteiger partial charge in [-0.05, 0) is 18.8 Å². The maximum absolute atomic E-state index is 12.2. The molecule has 1 aliphatic carbocycles. The van der Waals surface area contributed by atoms with E-state index in [-0.39, 0.29) is 12.5 Å². The normalized spacial score (nSPS) is 39.9. The molecule has 0 saturated heterocycles. The summed E-state index contributed by atoms with van der Waals surface area (Å²) in [5.41, 5.74) is -1.06. The fourth-order valence-corrected chi connectivity index (χ4v) is 1.43. The summed E-state index contributed by atoms with van der Waals surface area (Å²) in [5.74, 6) is -0.0162. The third kappa shape index (κ3) is 0.839. The van der Waals surface area contributed by atoms with Crippen molar-refractivity contribution in [3.63, 3.8) is 0 Å². The molecule has 1 saturated carbocycles. The lowest BCUT2D eigenvalue weighted by molar-refractivity contribution is -0.132. The summed E-state index contributed by atoms with van der Waals surface area (Å²) < 4.78 is 24.5. The van der Waals surface area contributed by atoms with Crippen molar-refractivity contribution in [3.05, 3.63) is 0 Å². The van der Waals surface area contributed by atoms with E-state index in [0.717, 1.165) is 6.42 Å². The number of aliphatic hydroxyl groups is 1. The summed E-state index contributed by atoms with van der Waals surface area (Å²) in [4.78, 5) is 0. The van der Waals surface area contributed by atoms with Crippen LogP contribution < -0.4 is 0 Å². The average molecular weight is 150 g/mol. The quantitative estimate of drug-likeness (QED) is 0.634. The lowest BCUT2D eigenvalue weighted by Gasteiger charge is -2.45. The van der Waals surface area contributed by atoms with Crippen LogP contribution in [0.4, 0.5) is 8.78 Å². The Morgan fingerprint density at radius 1 is 1.70 bits per heavy atom. The molecular weight excluding hydrogens is 138 g/mol. The minimum Gasteiger partial charge on any atom is -0.396 e. The fraction of sp³-hybridized carbons (Fsp3) is 1.00. The van der Waals surface area contributed by atoms with Crippen LogP contribution in [-0.4, -0.2) is 18.1 Å². The van der Waals surface area contributed by atoms with Gasteiger partial charge in [-0.3, -0.25) is 0 Å². The van der Waals surface area contributed by atoms with Gasteiger partial charge in [0.2, 0.25) is 6.43 Å². The second kappa shape index (κ2) is 2.46. The van der Waals surface area contributed by atoms with Gasteiger partial charge in [0.25, 0.3) is 0 Å². The number of hydrogen-bond donors (Lipinski definition) is 1. The van der Waals surface area contributed by atoms with E-state index in [2.05, 4.69) is 0 Å². The number of hydrogen-bond acceptors (Lipinski definition) is 1. The maximum Gasteiger partial charge on any atom is 0.246 e. The van der Waals surface area contributed by atoms with Crippen molar-refractivity contribution >= 4 is 0 Å². The number of rotatable bonds is 2. The predicted octanol–water partition coefficient (Wildman–Crippen LogP) is 1.66. The third-order valence-corrected chi connectivity index (χ3v) is 2.75. The minimum atomic E-state index is -2.36. The fourth-order valence-electron chi connectivity index (χ4n) is 1.43. The van der Waals surface area contributed by atoms with Crippen molar-refractivity contribution in [3.8, 4) is 0 Å². The lowest BCUT2D eigenvalue weighted by Crippen LogP contribution is -2.47. The molecule has 0 aromatic heterocycles. The monoisotopic (exact) mass is 150 g/mol. The van der Waals surface area contributed by atoms with Gasteiger partial charge in [0.05, 0.1) is 12.0 Å². The van der Waals surface area contributed by atoms with E-state index in [9.17, 15) is 8.78 Å². The van der Waals surface area contributed by atoms with Crippen LogP contribution in [0.25, 0.3) is 0 Å². The first kappa shape index (κ1) is 7.92. The predicted molar refractivity (Wildman–Crippen MR) is 33.9 cm³/mol. The standard InChI is InChI=1S/C7H12F2O/c1-5-2-3-7(5,4-10)6(8)9/h5-6,10H,2-4H2,1H3. The first-order valence-corrected chi connectivity index (χ1v) is 3.52. The van der Waals surface area contributed by atoms with Crippen molar-refractivity contribution in [1.29, 1.82) is 0 Å². The summed E-state index contributed by atoms with van der Waals surface area (Å²) in [5, 5.41) is 8.70. The number of aliphatic hydroxyl groups excluding tert-OH is 1. The molecule has 0 amide bonds. The van der Waals surface area contributed by atoms with Crippen LogP contribution in [0.2, 0.25) is 0 Å². The highest BCUT2D eigenvalue weighted by Gasteiger charge is 2.50. The van der Waals surface area contributed by atoms with Crippen LogP contribution in [0, 0.1) is 11.3 Å². The Morgan fingerprint density at radius 2 is 2.30 bits per heavy atom. The smallest absolute Gasteiger partial charge is 0.246 e.